The van der Waals surface area contributed by atoms with E-state index in [-0.39, 0.29) is 23.2 Å². The molecule has 0 atom stereocenters. The van der Waals surface area contributed by atoms with E-state index >= 15 is 0 Å². The smallest absolute Gasteiger partial charge is 0.254 e. The Bertz CT molecular complexity index is 1410. The number of pyridine rings is 1. The highest BCUT2D eigenvalue weighted by molar-refractivity contribution is 6.06. The molecule has 6 rings (SSSR count). The summed E-state index contributed by atoms with van der Waals surface area (Å²) in [7, 11) is 0. The molecule has 2 aromatic carbocycles. The van der Waals surface area contributed by atoms with Gasteiger partial charge in [0.25, 0.3) is 11.8 Å². The lowest BCUT2D eigenvalue weighted by Gasteiger charge is -2.62. The average molecular weight is 455 g/mol. The summed E-state index contributed by atoms with van der Waals surface area (Å²) in [5.74, 6) is -0.292. The number of halogens is 1. The van der Waals surface area contributed by atoms with Crippen molar-refractivity contribution in [2.24, 2.45) is 0 Å². The van der Waals surface area contributed by atoms with E-state index in [9.17, 15) is 14.0 Å². The Morgan fingerprint density at radius 1 is 1.00 bits per heavy atom. The molecule has 34 heavy (non-hydrogen) atoms. The number of aromatic nitrogens is 2. The number of hydrogen-bond acceptors (Lipinski definition) is 3. The first-order valence-electron chi connectivity index (χ1n) is 11.4. The Hall–Kier alpha value is -4.00. The van der Waals surface area contributed by atoms with E-state index in [1.807, 2.05) is 40.1 Å². The molecule has 1 N–H and O–H groups in total. The molecule has 4 heterocycles. The number of hydrogen-bond donors (Lipinski definition) is 1. The van der Waals surface area contributed by atoms with Gasteiger partial charge in [-0.25, -0.2) is 9.37 Å². The van der Waals surface area contributed by atoms with Gasteiger partial charge in [0.05, 0.1) is 11.1 Å². The summed E-state index contributed by atoms with van der Waals surface area (Å²) in [6.07, 6.45) is 4.95. The fourth-order valence-corrected chi connectivity index (χ4v) is 5.12. The van der Waals surface area contributed by atoms with E-state index in [2.05, 4.69) is 9.97 Å². The third-order valence-electron chi connectivity index (χ3n) is 7.06. The normalized spacial score (nSPS) is 16.4. The number of carbonyl (C=O) groups excluding carboxylic acids is 2. The van der Waals surface area contributed by atoms with Crippen LogP contribution in [0.2, 0.25) is 0 Å². The van der Waals surface area contributed by atoms with Gasteiger partial charge >= 0.3 is 0 Å². The van der Waals surface area contributed by atoms with Crippen molar-refractivity contribution in [3.05, 3.63) is 101 Å². The number of H-pyrrole nitrogens is 1. The van der Waals surface area contributed by atoms with Crippen LogP contribution in [0.4, 0.5) is 4.39 Å². The quantitative estimate of drug-likeness (QED) is 0.506. The lowest BCUT2D eigenvalue weighted by molar-refractivity contribution is -0.0847. The first-order valence-corrected chi connectivity index (χ1v) is 11.4. The minimum absolute atomic E-state index is 0.00348. The Morgan fingerprint density at radius 2 is 1.82 bits per heavy atom. The maximum atomic E-state index is 13.3. The zero-order chi connectivity index (χ0) is 23.3. The van der Waals surface area contributed by atoms with Crippen molar-refractivity contribution in [3.63, 3.8) is 0 Å². The number of rotatable bonds is 4. The number of nitrogens with one attached hydrogen (secondary N) is 1. The summed E-state index contributed by atoms with van der Waals surface area (Å²) >= 11 is 0. The first kappa shape index (κ1) is 20.6. The highest BCUT2D eigenvalue weighted by Gasteiger charge is 2.56. The maximum Gasteiger partial charge on any atom is 0.254 e. The summed E-state index contributed by atoms with van der Waals surface area (Å²) in [5, 5.41) is 0.813. The molecule has 4 aromatic rings. The van der Waals surface area contributed by atoms with Gasteiger partial charge in [-0.15, -0.1) is 0 Å². The van der Waals surface area contributed by atoms with Crippen LogP contribution in [-0.2, 0) is 6.42 Å². The third kappa shape index (κ3) is 3.36. The summed E-state index contributed by atoms with van der Waals surface area (Å²) in [5.41, 5.74) is 3.70. The van der Waals surface area contributed by atoms with E-state index in [1.165, 1.54) is 12.1 Å². The van der Waals surface area contributed by atoms with Crippen LogP contribution < -0.4 is 0 Å². The minimum Gasteiger partial charge on any atom is -0.346 e. The number of carbonyl (C=O) groups is 2. The molecular formula is C27H23FN4O2. The van der Waals surface area contributed by atoms with E-state index in [0.29, 0.717) is 42.8 Å². The van der Waals surface area contributed by atoms with Crippen molar-refractivity contribution in [2.45, 2.75) is 18.4 Å². The van der Waals surface area contributed by atoms with Crippen LogP contribution in [-0.4, -0.2) is 56.8 Å². The predicted octanol–water partition coefficient (Wildman–Crippen LogP) is 4.03. The monoisotopic (exact) mass is 454 g/mol. The van der Waals surface area contributed by atoms with Gasteiger partial charge in [-0.2, -0.15) is 0 Å². The van der Waals surface area contributed by atoms with Crippen LogP contribution in [0, 0.1) is 5.82 Å². The molecule has 1 spiro atoms. The van der Waals surface area contributed by atoms with E-state index in [1.54, 1.807) is 30.6 Å². The molecule has 170 valence electrons. The summed E-state index contributed by atoms with van der Waals surface area (Å²) in [4.78, 5) is 37.5. The van der Waals surface area contributed by atoms with Gasteiger partial charge in [0.15, 0.2) is 0 Å². The van der Waals surface area contributed by atoms with Crippen LogP contribution in [0.15, 0.2) is 73.1 Å². The van der Waals surface area contributed by atoms with Gasteiger partial charge in [-0.05, 0) is 60.4 Å². The number of likely N-dealkylation sites (tertiary alicyclic amines) is 2. The molecule has 0 aliphatic carbocycles. The van der Waals surface area contributed by atoms with Crippen LogP contribution in [0.3, 0.4) is 0 Å². The van der Waals surface area contributed by atoms with Crippen molar-refractivity contribution in [3.8, 4) is 0 Å². The molecule has 2 saturated heterocycles. The Morgan fingerprint density at radius 3 is 2.59 bits per heavy atom. The molecule has 7 heteroatoms. The van der Waals surface area contributed by atoms with Crippen molar-refractivity contribution >= 4 is 22.8 Å². The van der Waals surface area contributed by atoms with E-state index in [4.69, 9.17) is 0 Å². The number of fused-ring (bicyclic) bond motifs is 1. The van der Waals surface area contributed by atoms with E-state index < -0.39 is 0 Å². The van der Waals surface area contributed by atoms with Gasteiger partial charge in [0.2, 0.25) is 0 Å². The van der Waals surface area contributed by atoms with Gasteiger partial charge < -0.3 is 14.8 Å². The predicted molar refractivity (Wildman–Crippen MR) is 126 cm³/mol. The van der Waals surface area contributed by atoms with Crippen molar-refractivity contribution in [1.29, 1.82) is 0 Å². The zero-order valence-electron chi connectivity index (χ0n) is 18.5. The summed E-state index contributed by atoms with van der Waals surface area (Å²) < 4.78 is 13.2. The molecule has 0 saturated carbocycles. The molecule has 6 nitrogen and oxygen atoms in total. The van der Waals surface area contributed by atoms with Gasteiger partial charge in [0.1, 0.15) is 11.5 Å². The summed E-state index contributed by atoms with van der Waals surface area (Å²) in [6, 6.07) is 17.7. The van der Waals surface area contributed by atoms with Crippen molar-refractivity contribution in [1.82, 2.24) is 19.8 Å². The van der Waals surface area contributed by atoms with Crippen LogP contribution in [0.5, 0.6) is 0 Å². The number of amides is 2. The molecule has 2 amide bonds. The molecular weight excluding hydrogens is 431 g/mol. The fraction of sp³-hybridized carbons (Fsp3) is 0.222. The Balaban J connectivity index is 1.15. The fourth-order valence-electron chi connectivity index (χ4n) is 5.12. The maximum absolute atomic E-state index is 13.3. The number of aromatic amines is 1. The first-order chi connectivity index (χ1) is 16.5. The third-order valence-corrected chi connectivity index (χ3v) is 7.06. The van der Waals surface area contributed by atoms with Crippen LogP contribution in [0.25, 0.3) is 11.0 Å². The van der Waals surface area contributed by atoms with Crippen molar-refractivity contribution < 1.29 is 14.0 Å². The molecule has 2 fully saturated rings. The lowest BCUT2D eigenvalue weighted by Crippen LogP contribution is -2.78. The van der Waals surface area contributed by atoms with Crippen LogP contribution in [0.1, 0.15) is 38.3 Å². The standard InChI is InChI=1S/C27H23FN4O2/c28-21-6-4-18(5-7-21)14-19-2-1-3-20(15-19)25(33)32-13-10-27(32)16-31(17-27)26(34)23-9-12-30-24-22(23)8-11-29-24/h1-9,11-12,15H,10,13-14,16-17H2,(H,29,30). The van der Waals surface area contributed by atoms with Crippen molar-refractivity contribution in [2.75, 3.05) is 19.6 Å². The van der Waals surface area contributed by atoms with E-state index in [0.717, 1.165) is 22.9 Å². The van der Waals surface area contributed by atoms with Gasteiger partial charge in [0, 0.05) is 43.0 Å². The second-order valence-corrected chi connectivity index (χ2v) is 9.19. The SMILES string of the molecule is O=C(c1ccnc2[nH]ccc12)N1CC2(CCN2C(=O)c2cccc(Cc3ccc(F)cc3)c2)C1. The van der Waals surface area contributed by atoms with Gasteiger partial charge in [-0.3, -0.25) is 9.59 Å². The molecule has 0 unspecified atom stereocenters. The highest BCUT2D eigenvalue weighted by Crippen LogP contribution is 2.41. The Labute approximate surface area is 196 Å². The molecule has 2 aliphatic rings. The number of benzene rings is 2. The molecule has 2 aliphatic heterocycles. The second-order valence-electron chi connectivity index (χ2n) is 9.19. The summed E-state index contributed by atoms with van der Waals surface area (Å²) in [6.45, 7) is 1.78. The molecule has 0 radical (unpaired) electrons. The zero-order valence-corrected chi connectivity index (χ0v) is 18.5. The number of nitrogens with zero attached hydrogens (tertiary/aromatic N) is 3. The lowest BCUT2D eigenvalue weighted by atomic mass is 9.76. The van der Waals surface area contributed by atoms with Crippen LogP contribution >= 0.6 is 0 Å². The minimum atomic E-state index is -0.274. The van der Waals surface area contributed by atoms with Gasteiger partial charge in [-0.1, -0.05) is 24.3 Å². The topological polar surface area (TPSA) is 69.3 Å². The Kier molecular flexibility index (Phi) is 4.72. The molecule has 0 bridgehead atoms. The second kappa shape index (κ2) is 7.80. The highest BCUT2D eigenvalue weighted by atomic mass is 19.1. The average Bonchev–Trinajstić information content (AvgIpc) is 3.28. The molecule has 2 aromatic heterocycles. The largest absolute Gasteiger partial charge is 0.346 e.